The number of fused-ring (bicyclic) bond motifs is 1. The van der Waals surface area contributed by atoms with E-state index in [0.29, 0.717) is 12.5 Å². The normalized spacial score (nSPS) is 14.5. The number of anilines is 1. The number of para-hydroxylation sites is 1. The molecule has 1 aromatic heterocycles. The molecule has 3 nitrogen and oxygen atoms in total. The lowest BCUT2D eigenvalue weighted by Crippen LogP contribution is -2.03. The summed E-state index contributed by atoms with van der Waals surface area (Å²) in [4.78, 5) is 4.86. The number of benzene rings is 1. The lowest BCUT2D eigenvalue weighted by Gasteiger charge is -2.13. The highest BCUT2D eigenvalue weighted by molar-refractivity contribution is 5.95. The molecule has 1 aromatic carbocycles. The first-order chi connectivity index (χ1) is 9.83. The molecule has 0 saturated heterocycles. The van der Waals surface area contributed by atoms with Crippen molar-refractivity contribution in [3.05, 3.63) is 30.0 Å². The SMILES string of the molecule is CCCNc1cc(C2CC2)nc2c(OCC)cccc12. The van der Waals surface area contributed by atoms with Gasteiger partial charge in [0.25, 0.3) is 0 Å². The van der Waals surface area contributed by atoms with E-state index in [9.17, 15) is 0 Å². The van der Waals surface area contributed by atoms with Crippen molar-refractivity contribution in [3.63, 3.8) is 0 Å². The minimum Gasteiger partial charge on any atom is -0.492 e. The summed E-state index contributed by atoms with van der Waals surface area (Å²) in [5.74, 6) is 1.54. The summed E-state index contributed by atoms with van der Waals surface area (Å²) in [6, 6.07) is 8.41. The highest BCUT2D eigenvalue weighted by atomic mass is 16.5. The minimum atomic E-state index is 0.649. The number of ether oxygens (including phenoxy) is 1. The molecular formula is C17H22N2O. The molecule has 0 bridgehead atoms. The average Bonchev–Trinajstić information content (AvgIpc) is 3.30. The van der Waals surface area contributed by atoms with E-state index in [1.807, 2.05) is 19.1 Å². The van der Waals surface area contributed by atoms with Crippen LogP contribution in [0.2, 0.25) is 0 Å². The van der Waals surface area contributed by atoms with Crippen LogP contribution in [0.15, 0.2) is 24.3 Å². The van der Waals surface area contributed by atoms with Crippen molar-refractivity contribution < 1.29 is 4.74 Å². The van der Waals surface area contributed by atoms with Crippen LogP contribution in [0.3, 0.4) is 0 Å². The smallest absolute Gasteiger partial charge is 0.145 e. The molecule has 3 heteroatoms. The minimum absolute atomic E-state index is 0.649. The van der Waals surface area contributed by atoms with E-state index >= 15 is 0 Å². The van der Waals surface area contributed by atoms with E-state index in [1.165, 1.54) is 24.2 Å². The second-order valence-electron chi connectivity index (χ2n) is 5.38. The molecule has 2 aromatic rings. The van der Waals surface area contributed by atoms with E-state index in [0.717, 1.165) is 29.6 Å². The fourth-order valence-corrected chi connectivity index (χ4v) is 2.51. The second kappa shape index (κ2) is 5.70. The standard InChI is InChI=1S/C17H22N2O/c1-3-10-18-15-11-14(12-8-9-12)19-17-13(15)6-5-7-16(17)20-4-2/h5-7,11-12H,3-4,8-10H2,1-2H3,(H,18,19). The van der Waals surface area contributed by atoms with Crippen LogP contribution in [0.1, 0.15) is 44.7 Å². The Bertz CT molecular complexity index is 605. The van der Waals surface area contributed by atoms with Crippen molar-refractivity contribution in [1.29, 1.82) is 0 Å². The van der Waals surface area contributed by atoms with E-state index in [-0.39, 0.29) is 0 Å². The fraction of sp³-hybridized carbons (Fsp3) is 0.471. The molecule has 0 spiro atoms. The van der Waals surface area contributed by atoms with Gasteiger partial charge >= 0.3 is 0 Å². The maximum atomic E-state index is 5.74. The van der Waals surface area contributed by atoms with Gasteiger partial charge in [0.15, 0.2) is 0 Å². The van der Waals surface area contributed by atoms with Crippen molar-refractivity contribution in [1.82, 2.24) is 4.98 Å². The quantitative estimate of drug-likeness (QED) is 0.848. The van der Waals surface area contributed by atoms with Crippen molar-refractivity contribution in [2.75, 3.05) is 18.5 Å². The summed E-state index contributed by atoms with van der Waals surface area (Å²) in [5, 5.41) is 4.70. The van der Waals surface area contributed by atoms with Gasteiger partial charge in [-0.15, -0.1) is 0 Å². The van der Waals surface area contributed by atoms with Crippen LogP contribution in [-0.4, -0.2) is 18.1 Å². The van der Waals surface area contributed by atoms with Crippen LogP contribution in [-0.2, 0) is 0 Å². The van der Waals surface area contributed by atoms with E-state index in [4.69, 9.17) is 9.72 Å². The van der Waals surface area contributed by atoms with E-state index < -0.39 is 0 Å². The molecule has 1 N–H and O–H groups in total. The Morgan fingerprint density at radius 2 is 2.15 bits per heavy atom. The van der Waals surface area contributed by atoms with Gasteiger partial charge < -0.3 is 10.1 Å². The van der Waals surface area contributed by atoms with Crippen LogP contribution in [0.4, 0.5) is 5.69 Å². The monoisotopic (exact) mass is 270 g/mol. The summed E-state index contributed by atoms with van der Waals surface area (Å²) < 4.78 is 5.74. The Kier molecular flexibility index (Phi) is 3.77. The third kappa shape index (κ3) is 2.58. The Morgan fingerprint density at radius 1 is 1.30 bits per heavy atom. The second-order valence-corrected chi connectivity index (χ2v) is 5.38. The first-order valence-corrected chi connectivity index (χ1v) is 7.63. The van der Waals surface area contributed by atoms with Gasteiger partial charge in [0, 0.05) is 29.2 Å². The molecule has 0 atom stereocenters. The highest BCUT2D eigenvalue weighted by Gasteiger charge is 2.26. The van der Waals surface area contributed by atoms with Crippen molar-refractivity contribution in [2.45, 2.75) is 39.0 Å². The first kappa shape index (κ1) is 13.2. The van der Waals surface area contributed by atoms with Crippen LogP contribution in [0.25, 0.3) is 10.9 Å². The van der Waals surface area contributed by atoms with E-state index in [1.54, 1.807) is 0 Å². The summed E-state index contributed by atoms with van der Waals surface area (Å²) in [6.07, 6.45) is 3.65. The molecule has 106 valence electrons. The van der Waals surface area contributed by atoms with Gasteiger partial charge in [0.2, 0.25) is 0 Å². The zero-order valence-electron chi connectivity index (χ0n) is 12.3. The molecule has 0 amide bonds. The molecule has 20 heavy (non-hydrogen) atoms. The predicted molar refractivity (Wildman–Crippen MR) is 83.7 cm³/mol. The van der Waals surface area contributed by atoms with Crippen LogP contribution >= 0.6 is 0 Å². The van der Waals surface area contributed by atoms with Crippen molar-refractivity contribution in [2.24, 2.45) is 0 Å². The van der Waals surface area contributed by atoms with Crippen LogP contribution in [0.5, 0.6) is 5.75 Å². The maximum absolute atomic E-state index is 5.74. The van der Waals surface area contributed by atoms with Gasteiger partial charge in [-0.25, -0.2) is 4.98 Å². The largest absolute Gasteiger partial charge is 0.492 e. The summed E-state index contributed by atoms with van der Waals surface area (Å²) >= 11 is 0. The topological polar surface area (TPSA) is 34.2 Å². The number of rotatable bonds is 6. The van der Waals surface area contributed by atoms with Gasteiger partial charge in [-0.1, -0.05) is 19.1 Å². The number of hydrogen-bond acceptors (Lipinski definition) is 3. The molecule has 0 radical (unpaired) electrons. The molecule has 3 rings (SSSR count). The molecule has 1 saturated carbocycles. The maximum Gasteiger partial charge on any atom is 0.145 e. The van der Waals surface area contributed by atoms with Gasteiger partial charge in [0.05, 0.1) is 6.61 Å². The molecule has 1 heterocycles. The Labute approximate surface area is 120 Å². The zero-order valence-corrected chi connectivity index (χ0v) is 12.3. The van der Waals surface area contributed by atoms with Crippen molar-refractivity contribution in [3.8, 4) is 5.75 Å². The average molecular weight is 270 g/mol. The molecular weight excluding hydrogens is 248 g/mol. The highest BCUT2D eigenvalue weighted by Crippen LogP contribution is 2.42. The number of nitrogens with one attached hydrogen (secondary N) is 1. The Hall–Kier alpha value is -1.77. The summed E-state index contributed by atoms with van der Waals surface area (Å²) in [5.41, 5.74) is 3.40. The lowest BCUT2D eigenvalue weighted by molar-refractivity contribution is 0.343. The Morgan fingerprint density at radius 3 is 2.85 bits per heavy atom. The Balaban J connectivity index is 2.11. The molecule has 0 aliphatic heterocycles. The molecule has 1 aliphatic rings. The summed E-state index contributed by atoms with van der Waals surface area (Å²) in [6.45, 7) is 5.86. The number of hydrogen-bond donors (Lipinski definition) is 1. The first-order valence-electron chi connectivity index (χ1n) is 7.63. The molecule has 1 aliphatic carbocycles. The van der Waals surface area contributed by atoms with Crippen LogP contribution in [0, 0.1) is 0 Å². The third-order valence-electron chi connectivity index (χ3n) is 3.68. The molecule has 1 fully saturated rings. The summed E-state index contributed by atoms with van der Waals surface area (Å²) in [7, 11) is 0. The van der Waals surface area contributed by atoms with Gasteiger partial charge in [0.1, 0.15) is 11.3 Å². The fourth-order valence-electron chi connectivity index (χ4n) is 2.51. The molecule has 0 unspecified atom stereocenters. The van der Waals surface area contributed by atoms with Gasteiger partial charge in [-0.2, -0.15) is 0 Å². The van der Waals surface area contributed by atoms with Gasteiger partial charge in [-0.3, -0.25) is 0 Å². The zero-order chi connectivity index (χ0) is 13.9. The number of aromatic nitrogens is 1. The van der Waals surface area contributed by atoms with Gasteiger partial charge in [-0.05, 0) is 38.3 Å². The number of pyridine rings is 1. The van der Waals surface area contributed by atoms with E-state index in [2.05, 4.69) is 24.4 Å². The predicted octanol–water partition coefficient (Wildman–Crippen LogP) is 4.33. The van der Waals surface area contributed by atoms with Crippen molar-refractivity contribution >= 4 is 16.6 Å². The number of nitrogens with zero attached hydrogens (tertiary/aromatic N) is 1. The lowest BCUT2D eigenvalue weighted by atomic mass is 10.1. The third-order valence-corrected chi connectivity index (χ3v) is 3.68. The van der Waals surface area contributed by atoms with Crippen LogP contribution < -0.4 is 10.1 Å².